The standard InChI is InChI=1S/C10H11F2N5/c11-8-3-7(4-9(12)5-8)1-2-17-10(6-13)14-15-16-17/h3-5H,1-2,6,13H2. The van der Waals surface area contributed by atoms with Crippen LogP contribution in [0.3, 0.4) is 0 Å². The lowest BCUT2D eigenvalue weighted by Crippen LogP contribution is -2.11. The molecule has 2 N–H and O–H groups in total. The first-order chi connectivity index (χ1) is 8.19. The van der Waals surface area contributed by atoms with Gasteiger partial charge in [0, 0.05) is 12.6 Å². The van der Waals surface area contributed by atoms with Crippen molar-refractivity contribution in [1.29, 1.82) is 0 Å². The van der Waals surface area contributed by atoms with Crippen LogP contribution in [0.5, 0.6) is 0 Å². The van der Waals surface area contributed by atoms with E-state index in [1.165, 1.54) is 16.8 Å². The molecule has 7 heteroatoms. The fourth-order valence-corrected chi connectivity index (χ4v) is 1.53. The Morgan fingerprint density at radius 1 is 1.18 bits per heavy atom. The third-order valence-electron chi connectivity index (χ3n) is 2.32. The largest absolute Gasteiger partial charge is 0.324 e. The summed E-state index contributed by atoms with van der Waals surface area (Å²) in [5.74, 6) is -0.631. The Morgan fingerprint density at radius 3 is 2.53 bits per heavy atom. The van der Waals surface area contributed by atoms with Crippen molar-refractivity contribution in [2.24, 2.45) is 5.73 Å². The lowest BCUT2D eigenvalue weighted by molar-refractivity contribution is 0.552. The first-order valence-corrected chi connectivity index (χ1v) is 5.09. The Labute approximate surface area is 96.2 Å². The molecule has 0 bridgehead atoms. The first-order valence-electron chi connectivity index (χ1n) is 5.09. The zero-order valence-electron chi connectivity index (χ0n) is 8.98. The summed E-state index contributed by atoms with van der Waals surface area (Å²) in [7, 11) is 0. The van der Waals surface area contributed by atoms with Gasteiger partial charge in [-0.15, -0.1) is 5.10 Å². The Bertz CT molecular complexity index is 491. The second kappa shape index (κ2) is 4.96. The van der Waals surface area contributed by atoms with Crippen LogP contribution in [0, 0.1) is 11.6 Å². The summed E-state index contributed by atoms with van der Waals surface area (Å²) in [6, 6.07) is 3.41. The molecule has 2 rings (SSSR count). The highest BCUT2D eigenvalue weighted by Gasteiger charge is 2.05. The van der Waals surface area contributed by atoms with Crippen LogP contribution in [0.25, 0.3) is 0 Å². The zero-order chi connectivity index (χ0) is 12.3. The van der Waals surface area contributed by atoms with Crippen molar-refractivity contribution in [2.75, 3.05) is 0 Å². The molecule has 0 fully saturated rings. The predicted octanol–water partition coefficient (Wildman–Crippen LogP) is 0.653. The van der Waals surface area contributed by atoms with Crippen molar-refractivity contribution in [3.05, 3.63) is 41.2 Å². The van der Waals surface area contributed by atoms with Crippen LogP contribution in [-0.2, 0) is 19.5 Å². The van der Waals surface area contributed by atoms with E-state index in [-0.39, 0.29) is 6.54 Å². The molecule has 0 atom stereocenters. The van der Waals surface area contributed by atoms with Crippen LogP contribution in [-0.4, -0.2) is 20.2 Å². The number of benzene rings is 1. The number of halogens is 2. The first kappa shape index (κ1) is 11.6. The van der Waals surface area contributed by atoms with E-state index in [1.54, 1.807) is 0 Å². The third-order valence-corrected chi connectivity index (χ3v) is 2.32. The van der Waals surface area contributed by atoms with Gasteiger partial charge in [0.1, 0.15) is 11.6 Å². The molecular formula is C10H11F2N5. The number of rotatable bonds is 4. The zero-order valence-corrected chi connectivity index (χ0v) is 8.98. The van der Waals surface area contributed by atoms with Crippen molar-refractivity contribution in [3.63, 3.8) is 0 Å². The molecule has 0 saturated heterocycles. The van der Waals surface area contributed by atoms with Crippen molar-refractivity contribution in [2.45, 2.75) is 19.5 Å². The smallest absolute Gasteiger partial charge is 0.164 e. The monoisotopic (exact) mass is 239 g/mol. The van der Waals surface area contributed by atoms with Crippen LogP contribution >= 0.6 is 0 Å². The SMILES string of the molecule is NCc1nnnn1CCc1cc(F)cc(F)c1. The molecule has 0 aliphatic carbocycles. The molecule has 0 aliphatic rings. The molecular weight excluding hydrogens is 228 g/mol. The molecule has 90 valence electrons. The lowest BCUT2D eigenvalue weighted by Gasteiger charge is -2.04. The second-order valence-corrected chi connectivity index (χ2v) is 3.55. The van der Waals surface area contributed by atoms with Gasteiger partial charge in [0.15, 0.2) is 5.82 Å². The molecule has 17 heavy (non-hydrogen) atoms. The number of hydrogen-bond acceptors (Lipinski definition) is 4. The van der Waals surface area contributed by atoms with Crippen LogP contribution in [0.4, 0.5) is 8.78 Å². The van der Waals surface area contributed by atoms with Crippen LogP contribution in [0.15, 0.2) is 18.2 Å². The minimum atomic E-state index is -0.587. The molecule has 1 aromatic heterocycles. The maximum absolute atomic E-state index is 12.9. The number of aromatic nitrogens is 4. The number of aryl methyl sites for hydroxylation is 2. The highest BCUT2D eigenvalue weighted by atomic mass is 19.1. The number of hydrogen-bond donors (Lipinski definition) is 1. The molecule has 5 nitrogen and oxygen atoms in total. The molecule has 0 aliphatic heterocycles. The van der Waals surface area contributed by atoms with Gasteiger partial charge in [0.05, 0.1) is 6.54 Å². The van der Waals surface area contributed by atoms with Gasteiger partial charge in [-0.2, -0.15) is 0 Å². The average molecular weight is 239 g/mol. The van der Waals surface area contributed by atoms with Gasteiger partial charge in [-0.3, -0.25) is 0 Å². The summed E-state index contributed by atoms with van der Waals surface area (Å²) in [5, 5.41) is 10.9. The van der Waals surface area contributed by atoms with E-state index in [1.807, 2.05) is 0 Å². The average Bonchev–Trinajstić information content (AvgIpc) is 2.72. The number of nitrogens with two attached hydrogens (primary N) is 1. The molecule has 0 spiro atoms. The quantitative estimate of drug-likeness (QED) is 0.850. The van der Waals surface area contributed by atoms with E-state index in [0.717, 1.165) is 6.07 Å². The van der Waals surface area contributed by atoms with Gasteiger partial charge in [0.25, 0.3) is 0 Å². The van der Waals surface area contributed by atoms with Gasteiger partial charge >= 0.3 is 0 Å². The Morgan fingerprint density at radius 2 is 1.88 bits per heavy atom. The van der Waals surface area contributed by atoms with Crippen LogP contribution in [0.2, 0.25) is 0 Å². The Balaban J connectivity index is 2.07. The molecule has 1 aromatic carbocycles. The predicted molar refractivity (Wildman–Crippen MR) is 55.8 cm³/mol. The van der Waals surface area contributed by atoms with Gasteiger partial charge in [-0.1, -0.05) is 0 Å². The van der Waals surface area contributed by atoms with E-state index in [0.29, 0.717) is 24.4 Å². The van der Waals surface area contributed by atoms with E-state index < -0.39 is 11.6 Å². The summed E-state index contributed by atoms with van der Waals surface area (Å²) in [5.41, 5.74) is 5.99. The van der Waals surface area contributed by atoms with E-state index >= 15 is 0 Å². The van der Waals surface area contributed by atoms with Crippen LogP contribution < -0.4 is 5.73 Å². The lowest BCUT2D eigenvalue weighted by atomic mass is 10.1. The topological polar surface area (TPSA) is 69.6 Å². The Hall–Kier alpha value is -1.89. The summed E-state index contributed by atoms with van der Waals surface area (Å²) >= 11 is 0. The van der Waals surface area contributed by atoms with Gasteiger partial charge < -0.3 is 5.73 Å². The fraction of sp³-hybridized carbons (Fsp3) is 0.300. The van der Waals surface area contributed by atoms with Crippen molar-refractivity contribution in [1.82, 2.24) is 20.2 Å². The highest BCUT2D eigenvalue weighted by molar-refractivity contribution is 5.17. The maximum atomic E-state index is 12.9. The highest BCUT2D eigenvalue weighted by Crippen LogP contribution is 2.09. The normalized spacial score (nSPS) is 10.8. The maximum Gasteiger partial charge on any atom is 0.164 e. The summed E-state index contributed by atoms with van der Waals surface area (Å²) < 4.78 is 27.4. The van der Waals surface area contributed by atoms with Gasteiger partial charge in [-0.25, -0.2) is 13.5 Å². The molecule has 1 heterocycles. The number of tetrazole rings is 1. The summed E-state index contributed by atoms with van der Waals surface area (Å²) in [6.07, 6.45) is 0.437. The molecule has 2 aromatic rings. The molecule has 0 saturated carbocycles. The molecule has 0 amide bonds. The van der Waals surface area contributed by atoms with Crippen LogP contribution in [0.1, 0.15) is 11.4 Å². The fourth-order valence-electron chi connectivity index (χ4n) is 1.53. The molecule has 0 unspecified atom stereocenters. The summed E-state index contributed by atoms with van der Waals surface area (Å²) in [4.78, 5) is 0. The Kier molecular flexibility index (Phi) is 3.38. The van der Waals surface area contributed by atoms with Gasteiger partial charge in [0.2, 0.25) is 0 Å². The van der Waals surface area contributed by atoms with E-state index in [4.69, 9.17) is 5.73 Å². The van der Waals surface area contributed by atoms with Crippen molar-refractivity contribution >= 4 is 0 Å². The third kappa shape index (κ3) is 2.82. The second-order valence-electron chi connectivity index (χ2n) is 3.55. The van der Waals surface area contributed by atoms with Crippen molar-refractivity contribution < 1.29 is 8.78 Å². The van der Waals surface area contributed by atoms with E-state index in [2.05, 4.69) is 15.5 Å². The summed E-state index contributed by atoms with van der Waals surface area (Å²) in [6.45, 7) is 0.660. The van der Waals surface area contributed by atoms with E-state index in [9.17, 15) is 8.78 Å². The van der Waals surface area contributed by atoms with Crippen molar-refractivity contribution in [3.8, 4) is 0 Å². The minimum absolute atomic E-state index is 0.227. The number of nitrogens with zero attached hydrogens (tertiary/aromatic N) is 4. The molecule has 0 radical (unpaired) electrons. The minimum Gasteiger partial charge on any atom is -0.324 e. The van der Waals surface area contributed by atoms with Gasteiger partial charge in [-0.05, 0) is 34.5 Å².